The van der Waals surface area contributed by atoms with Crippen LogP contribution in [0.3, 0.4) is 0 Å². The molecular formula is C17H16FNOS. The summed E-state index contributed by atoms with van der Waals surface area (Å²) in [5.74, 6) is -0.139. The number of thioether (sulfide) groups is 1. The summed E-state index contributed by atoms with van der Waals surface area (Å²) in [5, 5.41) is 2.71. The summed E-state index contributed by atoms with van der Waals surface area (Å²) in [7, 11) is 0. The van der Waals surface area contributed by atoms with Crippen molar-refractivity contribution in [2.24, 2.45) is 0 Å². The number of amides is 1. The Morgan fingerprint density at radius 2 is 2.00 bits per heavy atom. The van der Waals surface area contributed by atoms with E-state index >= 15 is 0 Å². The number of halogens is 1. The lowest BCUT2D eigenvalue weighted by molar-refractivity contribution is -0.113. The van der Waals surface area contributed by atoms with Crippen molar-refractivity contribution in [1.29, 1.82) is 0 Å². The van der Waals surface area contributed by atoms with Crippen molar-refractivity contribution < 1.29 is 9.18 Å². The van der Waals surface area contributed by atoms with Crippen molar-refractivity contribution in [3.8, 4) is 0 Å². The van der Waals surface area contributed by atoms with Gasteiger partial charge in [-0.25, -0.2) is 4.39 Å². The van der Waals surface area contributed by atoms with Gasteiger partial charge in [0.15, 0.2) is 0 Å². The normalized spacial score (nSPS) is 13.0. The fourth-order valence-corrected chi connectivity index (χ4v) is 3.31. The van der Waals surface area contributed by atoms with E-state index in [-0.39, 0.29) is 11.7 Å². The summed E-state index contributed by atoms with van der Waals surface area (Å²) in [6.45, 7) is 0. The van der Waals surface area contributed by atoms with Gasteiger partial charge < -0.3 is 5.32 Å². The average Bonchev–Trinajstić information content (AvgIpc) is 2.92. The number of anilines is 1. The molecule has 0 bridgehead atoms. The Morgan fingerprint density at radius 3 is 2.86 bits per heavy atom. The van der Waals surface area contributed by atoms with Crippen LogP contribution in [0.25, 0.3) is 0 Å². The van der Waals surface area contributed by atoms with Crippen molar-refractivity contribution in [2.45, 2.75) is 24.2 Å². The molecule has 0 saturated heterocycles. The van der Waals surface area contributed by atoms with Gasteiger partial charge in [0.05, 0.1) is 5.75 Å². The first kappa shape index (κ1) is 14.1. The molecule has 0 spiro atoms. The van der Waals surface area contributed by atoms with Crippen LogP contribution < -0.4 is 5.32 Å². The molecule has 2 aromatic rings. The molecule has 3 rings (SSSR count). The van der Waals surface area contributed by atoms with Crippen LogP contribution in [-0.4, -0.2) is 11.7 Å². The van der Waals surface area contributed by atoms with Crippen LogP contribution in [0.2, 0.25) is 0 Å². The zero-order valence-corrected chi connectivity index (χ0v) is 12.4. The van der Waals surface area contributed by atoms with E-state index in [1.807, 2.05) is 0 Å². The van der Waals surface area contributed by atoms with Crippen molar-refractivity contribution in [2.75, 3.05) is 11.1 Å². The molecule has 2 nitrogen and oxygen atoms in total. The highest BCUT2D eigenvalue weighted by atomic mass is 32.2. The highest BCUT2D eigenvalue weighted by Gasteiger charge is 2.11. The van der Waals surface area contributed by atoms with Gasteiger partial charge in [0.25, 0.3) is 0 Å². The number of carbonyl (C=O) groups excluding carboxylic acids is 1. The van der Waals surface area contributed by atoms with Crippen LogP contribution in [0.5, 0.6) is 0 Å². The Balaban J connectivity index is 1.56. The van der Waals surface area contributed by atoms with E-state index in [1.54, 1.807) is 12.1 Å². The van der Waals surface area contributed by atoms with E-state index in [0.29, 0.717) is 11.4 Å². The van der Waals surface area contributed by atoms with Gasteiger partial charge in [-0.2, -0.15) is 0 Å². The van der Waals surface area contributed by atoms with E-state index in [0.717, 1.165) is 11.3 Å². The van der Waals surface area contributed by atoms with E-state index in [4.69, 9.17) is 0 Å². The van der Waals surface area contributed by atoms with Crippen molar-refractivity contribution in [1.82, 2.24) is 0 Å². The maximum absolute atomic E-state index is 13.0. The second-order valence-corrected chi connectivity index (χ2v) is 6.18. The van der Waals surface area contributed by atoms with Gasteiger partial charge in [-0.1, -0.05) is 12.1 Å². The molecule has 4 heteroatoms. The molecular weight excluding hydrogens is 285 g/mol. The largest absolute Gasteiger partial charge is 0.325 e. The average molecular weight is 301 g/mol. The highest BCUT2D eigenvalue weighted by molar-refractivity contribution is 8.00. The fourth-order valence-electron chi connectivity index (χ4n) is 2.55. The smallest absolute Gasteiger partial charge is 0.234 e. The Kier molecular flexibility index (Phi) is 4.25. The van der Waals surface area contributed by atoms with Crippen LogP contribution >= 0.6 is 11.8 Å². The molecule has 0 atom stereocenters. The van der Waals surface area contributed by atoms with Gasteiger partial charge in [-0.05, 0) is 60.7 Å². The summed E-state index contributed by atoms with van der Waals surface area (Å²) >= 11 is 1.51. The number of nitrogens with one attached hydrogen (secondary N) is 1. The highest BCUT2D eigenvalue weighted by Crippen LogP contribution is 2.27. The van der Waals surface area contributed by atoms with Crippen molar-refractivity contribution in [3.63, 3.8) is 0 Å². The van der Waals surface area contributed by atoms with Crippen LogP contribution in [0, 0.1) is 5.82 Å². The monoisotopic (exact) mass is 301 g/mol. The summed E-state index contributed by atoms with van der Waals surface area (Å²) in [5.41, 5.74) is 3.34. The summed E-state index contributed by atoms with van der Waals surface area (Å²) in [6.07, 6.45) is 3.53. The van der Waals surface area contributed by atoms with Gasteiger partial charge in [0.1, 0.15) is 5.82 Å². The molecule has 1 N–H and O–H groups in total. The van der Waals surface area contributed by atoms with Gasteiger partial charge in [0, 0.05) is 10.6 Å². The summed E-state index contributed by atoms with van der Waals surface area (Å²) in [4.78, 5) is 13.0. The van der Waals surface area contributed by atoms with Gasteiger partial charge >= 0.3 is 0 Å². The quantitative estimate of drug-likeness (QED) is 0.863. The zero-order valence-electron chi connectivity index (χ0n) is 11.6. The van der Waals surface area contributed by atoms with Crippen LogP contribution in [0.4, 0.5) is 10.1 Å². The Bertz CT molecular complexity index is 672. The lowest BCUT2D eigenvalue weighted by atomic mass is 10.1. The van der Waals surface area contributed by atoms with Crippen molar-refractivity contribution >= 4 is 23.4 Å². The minimum atomic E-state index is -0.348. The molecule has 1 aliphatic carbocycles. The van der Waals surface area contributed by atoms with E-state index in [2.05, 4.69) is 23.5 Å². The maximum atomic E-state index is 13.0. The number of aryl methyl sites for hydroxylation is 2. The number of hydrogen-bond acceptors (Lipinski definition) is 2. The van der Waals surface area contributed by atoms with Crippen LogP contribution in [-0.2, 0) is 17.6 Å². The topological polar surface area (TPSA) is 29.1 Å². The summed E-state index contributed by atoms with van der Waals surface area (Å²) in [6, 6.07) is 12.4. The third-order valence-electron chi connectivity index (χ3n) is 3.55. The van der Waals surface area contributed by atoms with Gasteiger partial charge in [-0.3, -0.25) is 4.79 Å². The molecule has 21 heavy (non-hydrogen) atoms. The molecule has 1 amide bonds. The lowest BCUT2D eigenvalue weighted by Gasteiger charge is -2.06. The fraction of sp³-hybridized carbons (Fsp3) is 0.235. The number of carbonyl (C=O) groups is 1. The molecule has 0 radical (unpaired) electrons. The first-order chi connectivity index (χ1) is 10.2. The molecule has 108 valence electrons. The molecule has 0 unspecified atom stereocenters. The molecule has 0 aromatic heterocycles. The number of benzene rings is 2. The zero-order chi connectivity index (χ0) is 14.7. The first-order valence-corrected chi connectivity index (χ1v) is 7.99. The number of hydrogen-bond donors (Lipinski definition) is 1. The molecule has 0 fully saturated rings. The molecule has 0 heterocycles. The summed E-state index contributed by atoms with van der Waals surface area (Å²) < 4.78 is 13.0. The van der Waals surface area contributed by atoms with Crippen LogP contribution in [0.1, 0.15) is 17.5 Å². The SMILES string of the molecule is O=C(CSc1ccc2c(c1)CCC2)Nc1cccc(F)c1. The van der Waals surface area contributed by atoms with Gasteiger partial charge in [-0.15, -0.1) is 11.8 Å². The lowest BCUT2D eigenvalue weighted by Crippen LogP contribution is -2.14. The molecule has 0 saturated carbocycles. The Morgan fingerprint density at radius 1 is 1.14 bits per heavy atom. The minimum Gasteiger partial charge on any atom is -0.325 e. The predicted octanol–water partition coefficient (Wildman–Crippen LogP) is 4.05. The number of fused-ring (bicyclic) bond motifs is 1. The van der Waals surface area contributed by atoms with E-state index < -0.39 is 0 Å². The van der Waals surface area contributed by atoms with Crippen LogP contribution in [0.15, 0.2) is 47.4 Å². The van der Waals surface area contributed by atoms with Crippen molar-refractivity contribution in [3.05, 3.63) is 59.4 Å². The molecule has 2 aromatic carbocycles. The second-order valence-electron chi connectivity index (χ2n) is 5.13. The third kappa shape index (κ3) is 3.64. The Hall–Kier alpha value is -1.81. The standard InChI is InChI=1S/C17H16FNOS/c18-14-5-2-6-15(10-14)19-17(20)11-21-16-8-7-12-3-1-4-13(12)9-16/h2,5-10H,1,3-4,11H2,(H,19,20). The molecule has 0 aliphatic heterocycles. The second kappa shape index (κ2) is 6.31. The predicted molar refractivity (Wildman–Crippen MR) is 84.2 cm³/mol. The Labute approximate surface area is 127 Å². The molecule has 1 aliphatic rings. The third-order valence-corrected chi connectivity index (χ3v) is 4.54. The van der Waals surface area contributed by atoms with E-state index in [9.17, 15) is 9.18 Å². The van der Waals surface area contributed by atoms with Gasteiger partial charge in [0.2, 0.25) is 5.91 Å². The van der Waals surface area contributed by atoms with E-state index in [1.165, 1.54) is 47.9 Å². The first-order valence-electron chi connectivity index (χ1n) is 7.01. The minimum absolute atomic E-state index is 0.119. The number of rotatable bonds is 4. The maximum Gasteiger partial charge on any atom is 0.234 e.